The Labute approximate surface area is 113 Å². The summed E-state index contributed by atoms with van der Waals surface area (Å²) in [5.41, 5.74) is 4.44. The van der Waals surface area contributed by atoms with Crippen LogP contribution < -0.4 is 0 Å². The predicted octanol–water partition coefficient (Wildman–Crippen LogP) is 2.88. The number of esters is 1. The topological polar surface area (TPSA) is 44.1 Å². The van der Waals surface area contributed by atoms with E-state index >= 15 is 0 Å². The number of carbonyl (C=O) groups is 1. The number of nitrogens with zero attached hydrogens (tertiary/aromatic N) is 2. The second kappa shape index (κ2) is 5.26. The van der Waals surface area contributed by atoms with Crippen molar-refractivity contribution in [2.45, 2.75) is 20.8 Å². The van der Waals surface area contributed by atoms with E-state index in [0.29, 0.717) is 12.3 Å². The van der Waals surface area contributed by atoms with Gasteiger partial charge >= 0.3 is 5.97 Å². The fourth-order valence-electron chi connectivity index (χ4n) is 2.14. The lowest BCUT2D eigenvalue weighted by Gasteiger charge is -2.04. The monoisotopic (exact) mass is 258 g/mol. The van der Waals surface area contributed by atoms with Crippen molar-refractivity contribution >= 4 is 5.97 Å². The van der Waals surface area contributed by atoms with Gasteiger partial charge in [-0.05, 0) is 20.8 Å². The van der Waals surface area contributed by atoms with Gasteiger partial charge in [-0.2, -0.15) is 5.10 Å². The molecule has 2 aromatic rings. The second-order valence-electron chi connectivity index (χ2n) is 4.53. The molecule has 0 aliphatic carbocycles. The summed E-state index contributed by atoms with van der Waals surface area (Å²) < 4.78 is 6.75. The molecule has 19 heavy (non-hydrogen) atoms. The van der Waals surface area contributed by atoms with E-state index in [2.05, 4.69) is 5.10 Å². The Morgan fingerprint density at radius 2 is 1.89 bits per heavy atom. The SMILES string of the molecule is CCOC(=O)c1nn(C)c(-c2ccc(C)cc2)c1C. The van der Waals surface area contributed by atoms with Gasteiger partial charge in [0.1, 0.15) is 0 Å². The molecule has 0 aliphatic heterocycles. The highest BCUT2D eigenvalue weighted by Gasteiger charge is 2.20. The Bertz CT molecular complexity index is 597. The standard InChI is InChI=1S/C15H18N2O2/c1-5-19-15(18)13-11(3)14(17(4)16-13)12-8-6-10(2)7-9-12/h6-9H,5H2,1-4H3. The largest absolute Gasteiger partial charge is 0.461 e. The summed E-state index contributed by atoms with van der Waals surface area (Å²) in [6, 6.07) is 8.17. The van der Waals surface area contributed by atoms with Crippen molar-refractivity contribution in [3.05, 3.63) is 41.1 Å². The quantitative estimate of drug-likeness (QED) is 0.795. The van der Waals surface area contributed by atoms with Crippen LogP contribution in [-0.4, -0.2) is 22.4 Å². The molecule has 2 rings (SSSR count). The Morgan fingerprint density at radius 3 is 2.47 bits per heavy atom. The van der Waals surface area contributed by atoms with E-state index in [0.717, 1.165) is 16.8 Å². The number of rotatable bonds is 3. The Hall–Kier alpha value is -2.10. The molecule has 100 valence electrons. The third kappa shape index (κ3) is 2.52. The summed E-state index contributed by atoms with van der Waals surface area (Å²) in [5.74, 6) is -0.367. The smallest absolute Gasteiger partial charge is 0.359 e. The van der Waals surface area contributed by atoms with Gasteiger partial charge in [0.05, 0.1) is 12.3 Å². The van der Waals surface area contributed by atoms with Crippen LogP contribution in [0, 0.1) is 13.8 Å². The maximum Gasteiger partial charge on any atom is 0.359 e. The molecule has 1 aromatic carbocycles. The molecule has 0 N–H and O–H groups in total. The lowest BCUT2D eigenvalue weighted by Crippen LogP contribution is -2.07. The summed E-state index contributed by atoms with van der Waals surface area (Å²) in [6.07, 6.45) is 0. The van der Waals surface area contributed by atoms with E-state index in [-0.39, 0.29) is 5.97 Å². The Morgan fingerprint density at radius 1 is 1.26 bits per heavy atom. The summed E-state index contributed by atoms with van der Waals surface area (Å²) >= 11 is 0. The number of carbonyl (C=O) groups excluding carboxylic acids is 1. The van der Waals surface area contributed by atoms with E-state index in [4.69, 9.17) is 4.74 Å². The molecule has 0 spiro atoms. The molecule has 0 fully saturated rings. The molecule has 4 nitrogen and oxygen atoms in total. The summed E-state index contributed by atoms with van der Waals surface area (Å²) in [6.45, 7) is 6.09. The van der Waals surface area contributed by atoms with Crippen molar-refractivity contribution in [2.75, 3.05) is 6.61 Å². The van der Waals surface area contributed by atoms with Crippen LogP contribution in [0.3, 0.4) is 0 Å². The maximum atomic E-state index is 11.8. The lowest BCUT2D eigenvalue weighted by molar-refractivity contribution is 0.0518. The van der Waals surface area contributed by atoms with Crippen LogP contribution in [0.25, 0.3) is 11.3 Å². The zero-order valence-corrected chi connectivity index (χ0v) is 11.7. The van der Waals surface area contributed by atoms with Crippen molar-refractivity contribution in [1.29, 1.82) is 0 Å². The molecular formula is C15H18N2O2. The fraction of sp³-hybridized carbons (Fsp3) is 0.333. The van der Waals surface area contributed by atoms with Gasteiger partial charge in [0, 0.05) is 18.2 Å². The molecular weight excluding hydrogens is 240 g/mol. The predicted molar refractivity (Wildman–Crippen MR) is 74.1 cm³/mol. The highest BCUT2D eigenvalue weighted by atomic mass is 16.5. The minimum atomic E-state index is -0.367. The van der Waals surface area contributed by atoms with E-state index in [1.165, 1.54) is 5.56 Å². The van der Waals surface area contributed by atoms with Crippen molar-refractivity contribution in [2.24, 2.45) is 7.05 Å². The van der Waals surface area contributed by atoms with Gasteiger partial charge in [-0.3, -0.25) is 4.68 Å². The average Bonchev–Trinajstić information content (AvgIpc) is 2.67. The Balaban J connectivity index is 2.47. The molecule has 0 unspecified atom stereocenters. The van der Waals surface area contributed by atoms with Crippen LogP contribution in [0.1, 0.15) is 28.5 Å². The van der Waals surface area contributed by atoms with Crippen LogP contribution in [0.2, 0.25) is 0 Å². The first kappa shape index (κ1) is 13.3. The molecule has 0 saturated carbocycles. The van der Waals surface area contributed by atoms with Gasteiger partial charge in [0.25, 0.3) is 0 Å². The van der Waals surface area contributed by atoms with E-state index in [1.807, 2.05) is 45.2 Å². The third-order valence-corrected chi connectivity index (χ3v) is 3.08. The van der Waals surface area contributed by atoms with Crippen LogP contribution >= 0.6 is 0 Å². The first-order chi connectivity index (χ1) is 9.04. The maximum absolute atomic E-state index is 11.8. The minimum absolute atomic E-state index is 0.356. The number of ether oxygens (including phenoxy) is 1. The first-order valence-corrected chi connectivity index (χ1v) is 6.32. The number of hydrogen-bond acceptors (Lipinski definition) is 3. The van der Waals surface area contributed by atoms with Crippen LogP contribution in [0.5, 0.6) is 0 Å². The van der Waals surface area contributed by atoms with Gasteiger partial charge < -0.3 is 4.74 Å². The fourth-order valence-corrected chi connectivity index (χ4v) is 2.14. The average molecular weight is 258 g/mol. The Kier molecular flexibility index (Phi) is 3.69. The van der Waals surface area contributed by atoms with Gasteiger partial charge in [0.15, 0.2) is 5.69 Å². The molecule has 0 radical (unpaired) electrons. The van der Waals surface area contributed by atoms with Crippen LogP contribution in [-0.2, 0) is 11.8 Å². The lowest BCUT2D eigenvalue weighted by atomic mass is 10.1. The molecule has 0 amide bonds. The minimum Gasteiger partial charge on any atom is -0.461 e. The van der Waals surface area contributed by atoms with Gasteiger partial charge in [-0.1, -0.05) is 29.8 Å². The molecule has 0 atom stereocenters. The summed E-state index contributed by atoms with van der Waals surface area (Å²) in [7, 11) is 1.84. The molecule has 1 heterocycles. The van der Waals surface area contributed by atoms with Gasteiger partial charge in [-0.15, -0.1) is 0 Å². The molecule has 0 aliphatic rings. The van der Waals surface area contributed by atoms with E-state index in [9.17, 15) is 4.79 Å². The van der Waals surface area contributed by atoms with Gasteiger partial charge in [-0.25, -0.2) is 4.79 Å². The van der Waals surface area contributed by atoms with Crippen molar-refractivity contribution in [3.8, 4) is 11.3 Å². The number of aryl methyl sites for hydroxylation is 2. The number of benzene rings is 1. The summed E-state index contributed by atoms with van der Waals surface area (Å²) in [5, 5.41) is 4.27. The van der Waals surface area contributed by atoms with Crippen LogP contribution in [0.4, 0.5) is 0 Å². The highest BCUT2D eigenvalue weighted by Crippen LogP contribution is 2.25. The van der Waals surface area contributed by atoms with Crippen molar-refractivity contribution < 1.29 is 9.53 Å². The normalized spacial score (nSPS) is 10.5. The van der Waals surface area contributed by atoms with Crippen molar-refractivity contribution in [3.63, 3.8) is 0 Å². The highest BCUT2D eigenvalue weighted by molar-refractivity contribution is 5.91. The van der Waals surface area contributed by atoms with Crippen LogP contribution in [0.15, 0.2) is 24.3 Å². The molecule has 4 heteroatoms. The van der Waals surface area contributed by atoms with E-state index < -0.39 is 0 Å². The zero-order valence-electron chi connectivity index (χ0n) is 11.7. The van der Waals surface area contributed by atoms with Gasteiger partial charge in [0.2, 0.25) is 0 Å². The number of hydrogen-bond donors (Lipinski definition) is 0. The molecule has 0 saturated heterocycles. The third-order valence-electron chi connectivity index (χ3n) is 3.08. The summed E-state index contributed by atoms with van der Waals surface area (Å²) in [4.78, 5) is 11.8. The number of aromatic nitrogens is 2. The van der Waals surface area contributed by atoms with Crippen molar-refractivity contribution in [1.82, 2.24) is 9.78 Å². The second-order valence-corrected chi connectivity index (χ2v) is 4.53. The first-order valence-electron chi connectivity index (χ1n) is 6.32. The van der Waals surface area contributed by atoms with E-state index in [1.54, 1.807) is 11.6 Å². The molecule has 1 aromatic heterocycles. The zero-order chi connectivity index (χ0) is 14.0. The molecule has 0 bridgehead atoms.